The van der Waals surface area contributed by atoms with Gasteiger partial charge in [0.1, 0.15) is 5.82 Å². The molecule has 4 rings (SSSR count). The van der Waals surface area contributed by atoms with Crippen LogP contribution in [0.5, 0.6) is 0 Å². The zero-order chi connectivity index (χ0) is 19.5. The molecule has 4 aromatic rings. The third-order valence-corrected chi connectivity index (χ3v) is 4.65. The third-order valence-electron chi connectivity index (χ3n) is 4.65. The second-order valence-electron chi connectivity index (χ2n) is 6.55. The minimum absolute atomic E-state index is 0.166. The molecule has 0 saturated carbocycles. The van der Waals surface area contributed by atoms with Crippen LogP contribution in [0.15, 0.2) is 55.1 Å². The van der Waals surface area contributed by atoms with Crippen LogP contribution in [0.25, 0.3) is 21.9 Å². The van der Waals surface area contributed by atoms with E-state index in [1.54, 1.807) is 24.7 Å². The lowest BCUT2D eigenvalue weighted by molar-refractivity contribution is -0.115. The number of nitrogens with zero attached hydrogens (tertiary/aromatic N) is 3. The first kappa shape index (κ1) is 17.7. The fraction of sp³-hybridized carbons (Fsp3) is 0.143. The first-order valence-corrected chi connectivity index (χ1v) is 9.04. The number of nitrogen functional groups attached to an aromatic ring is 1. The van der Waals surface area contributed by atoms with Crippen molar-refractivity contribution in [3.8, 4) is 11.1 Å². The summed E-state index contributed by atoms with van der Waals surface area (Å²) in [5.74, 6) is 0.316. The number of rotatable bonds is 5. The number of aryl methyl sites for hydroxylation is 1. The van der Waals surface area contributed by atoms with Gasteiger partial charge in [-0.3, -0.25) is 14.9 Å². The molecule has 0 aliphatic rings. The standard InChI is InChI=1S/C21H20N6O/c1-2-13-3-5-23-11-17(13)14-7-15-9-20(24-12-18(15)19(22)8-14)26-21(28)10-16-4-6-25-27-16/h3-9,11-12H,2,10,22H2,1H3,(H,25,27)(H,24,26,28). The molecule has 0 fully saturated rings. The molecule has 0 aliphatic carbocycles. The molecule has 0 spiro atoms. The van der Waals surface area contributed by atoms with Crippen molar-refractivity contribution in [2.24, 2.45) is 0 Å². The number of nitrogens with two attached hydrogens (primary N) is 1. The van der Waals surface area contributed by atoms with Crippen LogP contribution >= 0.6 is 0 Å². The zero-order valence-corrected chi connectivity index (χ0v) is 15.4. The van der Waals surface area contributed by atoms with Gasteiger partial charge in [0.2, 0.25) is 5.91 Å². The summed E-state index contributed by atoms with van der Waals surface area (Å²) in [6.45, 7) is 2.11. The molecule has 7 nitrogen and oxygen atoms in total. The number of fused-ring (bicyclic) bond motifs is 1. The van der Waals surface area contributed by atoms with Crippen LogP contribution in [-0.4, -0.2) is 26.1 Å². The summed E-state index contributed by atoms with van der Waals surface area (Å²) in [4.78, 5) is 20.8. The maximum Gasteiger partial charge on any atom is 0.231 e. The predicted molar refractivity (Wildman–Crippen MR) is 110 cm³/mol. The molecule has 3 heterocycles. The van der Waals surface area contributed by atoms with Crippen molar-refractivity contribution >= 4 is 28.2 Å². The van der Waals surface area contributed by atoms with Gasteiger partial charge in [0.25, 0.3) is 0 Å². The van der Waals surface area contributed by atoms with Crippen molar-refractivity contribution in [2.75, 3.05) is 11.1 Å². The largest absolute Gasteiger partial charge is 0.398 e. The van der Waals surface area contributed by atoms with Crippen LogP contribution in [-0.2, 0) is 17.6 Å². The third kappa shape index (κ3) is 3.55. The second kappa shape index (κ2) is 7.48. The Morgan fingerprint density at radius 1 is 1.18 bits per heavy atom. The van der Waals surface area contributed by atoms with E-state index in [1.807, 2.05) is 30.5 Å². The van der Waals surface area contributed by atoms with Gasteiger partial charge in [-0.25, -0.2) is 4.98 Å². The van der Waals surface area contributed by atoms with Gasteiger partial charge in [-0.1, -0.05) is 6.92 Å². The lowest BCUT2D eigenvalue weighted by Gasteiger charge is -2.11. The van der Waals surface area contributed by atoms with E-state index in [0.717, 1.165) is 34.0 Å². The number of carbonyl (C=O) groups excluding carboxylic acids is 1. The van der Waals surface area contributed by atoms with Crippen LogP contribution in [0.3, 0.4) is 0 Å². The summed E-state index contributed by atoms with van der Waals surface area (Å²) in [5, 5.41) is 11.2. The lowest BCUT2D eigenvalue weighted by atomic mass is 9.97. The molecule has 0 radical (unpaired) electrons. The fourth-order valence-electron chi connectivity index (χ4n) is 3.24. The number of aromatic nitrogens is 4. The number of carbonyl (C=O) groups is 1. The number of nitrogens with one attached hydrogen (secondary N) is 2. The van der Waals surface area contributed by atoms with Crippen molar-refractivity contribution in [3.05, 3.63) is 66.4 Å². The van der Waals surface area contributed by atoms with Crippen LogP contribution in [0.1, 0.15) is 18.2 Å². The number of H-pyrrole nitrogens is 1. The number of anilines is 2. The van der Waals surface area contributed by atoms with Gasteiger partial charge in [0, 0.05) is 47.1 Å². The Hall–Kier alpha value is -3.74. The number of hydrogen-bond donors (Lipinski definition) is 3. The molecule has 0 unspecified atom stereocenters. The fourth-order valence-corrected chi connectivity index (χ4v) is 3.24. The Morgan fingerprint density at radius 3 is 2.86 bits per heavy atom. The minimum atomic E-state index is -0.166. The van der Waals surface area contributed by atoms with E-state index >= 15 is 0 Å². The van der Waals surface area contributed by atoms with Gasteiger partial charge in [-0.05, 0) is 53.3 Å². The van der Waals surface area contributed by atoms with Crippen LogP contribution in [0.2, 0.25) is 0 Å². The highest BCUT2D eigenvalue weighted by Crippen LogP contribution is 2.31. The predicted octanol–water partition coefficient (Wildman–Crippen LogP) is 3.35. The number of hydrogen-bond acceptors (Lipinski definition) is 5. The monoisotopic (exact) mass is 372 g/mol. The smallest absolute Gasteiger partial charge is 0.231 e. The molecular formula is C21H20N6O. The van der Waals surface area contributed by atoms with Gasteiger partial charge in [0.15, 0.2) is 0 Å². The molecule has 140 valence electrons. The lowest BCUT2D eigenvalue weighted by Crippen LogP contribution is -2.15. The summed E-state index contributed by atoms with van der Waals surface area (Å²) in [7, 11) is 0. The summed E-state index contributed by atoms with van der Waals surface area (Å²) in [6.07, 6.45) is 8.06. The summed E-state index contributed by atoms with van der Waals surface area (Å²) < 4.78 is 0. The molecule has 3 aromatic heterocycles. The van der Waals surface area contributed by atoms with E-state index in [-0.39, 0.29) is 12.3 Å². The van der Waals surface area contributed by atoms with Gasteiger partial charge in [-0.2, -0.15) is 5.10 Å². The van der Waals surface area contributed by atoms with Crippen molar-refractivity contribution in [3.63, 3.8) is 0 Å². The topological polar surface area (TPSA) is 110 Å². The minimum Gasteiger partial charge on any atom is -0.398 e. The quantitative estimate of drug-likeness (QED) is 0.465. The SMILES string of the molecule is CCc1ccncc1-c1cc(N)c2cnc(NC(=O)Cc3ccn[nH]3)cc2c1. The number of pyridine rings is 2. The zero-order valence-electron chi connectivity index (χ0n) is 15.4. The Balaban J connectivity index is 1.67. The molecule has 0 bridgehead atoms. The van der Waals surface area contributed by atoms with E-state index in [0.29, 0.717) is 11.5 Å². The van der Waals surface area contributed by atoms with E-state index < -0.39 is 0 Å². The van der Waals surface area contributed by atoms with Gasteiger partial charge >= 0.3 is 0 Å². The molecule has 4 N–H and O–H groups in total. The Labute approximate surface area is 162 Å². The highest BCUT2D eigenvalue weighted by atomic mass is 16.1. The first-order chi connectivity index (χ1) is 13.6. The maximum absolute atomic E-state index is 12.2. The van der Waals surface area contributed by atoms with Crippen LogP contribution in [0, 0.1) is 0 Å². The van der Waals surface area contributed by atoms with E-state index in [1.165, 1.54) is 5.56 Å². The number of amides is 1. The van der Waals surface area contributed by atoms with Crippen LogP contribution in [0.4, 0.5) is 11.5 Å². The Bertz CT molecular complexity index is 1140. The van der Waals surface area contributed by atoms with Gasteiger partial charge < -0.3 is 11.1 Å². The second-order valence-corrected chi connectivity index (χ2v) is 6.55. The highest BCUT2D eigenvalue weighted by molar-refractivity contribution is 5.99. The van der Waals surface area contributed by atoms with Crippen molar-refractivity contribution in [1.29, 1.82) is 0 Å². The Kier molecular flexibility index (Phi) is 4.72. The van der Waals surface area contributed by atoms with E-state index in [4.69, 9.17) is 5.73 Å². The molecule has 28 heavy (non-hydrogen) atoms. The van der Waals surface area contributed by atoms with Gasteiger partial charge in [-0.15, -0.1) is 0 Å². The molecule has 1 amide bonds. The average Bonchev–Trinajstić information content (AvgIpc) is 3.20. The van der Waals surface area contributed by atoms with E-state index in [9.17, 15) is 4.79 Å². The number of benzene rings is 1. The molecule has 1 aromatic carbocycles. The average molecular weight is 372 g/mol. The highest BCUT2D eigenvalue weighted by Gasteiger charge is 2.10. The molecule has 7 heteroatoms. The summed E-state index contributed by atoms with van der Waals surface area (Å²) >= 11 is 0. The molecule has 0 aliphatic heterocycles. The molecular weight excluding hydrogens is 352 g/mol. The van der Waals surface area contributed by atoms with Gasteiger partial charge in [0.05, 0.1) is 6.42 Å². The first-order valence-electron chi connectivity index (χ1n) is 9.04. The van der Waals surface area contributed by atoms with Crippen molar-refractivity contribution in [2.45, 2.75) is 19.8 Å². The summed E-state index contributed by atoms with van der Waals surface area (Å²) in [6, 6.07) is 9.61. The van der Waals surface area contributed by atoms with Crippen molar-refractivity contribution < 1.29 is 4.79 Å². The van der Waals surface area contributed by atoms with Crippen LogP contribution < -0.4 is 11.1 Å². The Morgan fingerprint density at radius 2 is 2.07 bits per heavy atom. The number of aromatic amines is 1. The normalized spacial score (nSPS) is 10.9. The molecule has 0 saturated heterocycles. The maximum atomic E-state index is 12.2. The van der Waals surface area contributed by atoms with Crippen molar-refractivity contribution in [1.82, 2.24) is 20.2 Å². The summed E-state index contributed by atoms with van der Waals surface area (Å²) in [5.41, 5.74) is 10.9. The molecule has 0 atom stereocenters. The van der Waals surface area contributed by atoms with E-state index in [2.05, 4.69) is 32.4 Å².